The van der Waals surface area contributed by atoms with E-state index in [4.69, 9.17) is 5.11 Å². The van der Waals surface area contributed by atoms with E-state index in [2.05, 4.69) is 0 Å². The molecular formula is C5H9NaO4. The normalized spacial score (nSPS) is 7.50. The predicted molar refractivity (Wildman–Crippen MR) is 29.4 cm³/mol. The van der Waals surface area contributed by atoms with E-state index in [1.807, 2.05) is 0 Å². The van der Waals surface area contributed by atoms with Gasteiger partial charge in [0.15, 0.2) is 0 Å². The van der Waals surface area contributed by atoms with Crippen LogP contribution in [0.25, 0.3) is 0 Å². The van der Waals surface area contributed by atoms with Crippen molar-refractivity contribution in [1.29, 1.82) is 0 Å². The number of carboxylic acid groups (broad SMARTS) is 1. The molecule has 10 heavy (non-hydrogen) atoms. The first-order chi connectivity index (χ1) is 3.55. The number of ketones is 1. The van der Waals surface area contributed by atoms with Crippen LogP contribution >= 0.6 is 0 Å². The van der Waals surface area contributed by atoms with Gasteiger partial charge in [-0.3, -0.25) is 4.79 Å². The van der Waals surface area contributed by atoms with Crippen LogP contribution in [0.5, 0.6) is 0 Å². The molecule has 5 heteroatoms. The average Bonchev–Trinajstić information content (AvgIpc) is 1.64. The molecule has 0 aliphatic heterocycles. The van der Waals surface area contributed by atoms with Crippen LogP contribution in [-0.2, 0) is 9.59 Å². The van der Waals surface area contributed by atoms with Crippen molar-refractivity contribution in [3.8, 4) is 0 Å². The molecule has 0 radical (unpaired) electrons. The van der Waals surface area contributed by atoms with Crippen LogP contribution in [0.15, 0.2) is 0 Å². The summed E-state index contributed by atoms with van der Waals surface area (Å²) in [4.78, 5) is 20.0. The first kappa shape index (κ1) is 16.6. The van der Waals surface area contributed by atoms with Gasteiger partial charge in [0.05, 0.1) is 0 Å². The third-order valence-corrected chi connectivity index (χ3v) is 0.735. The zero-order valence-corrected chi connectivity index (χ0v) is 8.29. The van der Waals surface area contributed by atoms with Gasteiger partial charge < -0.3 is 10.6 Å². The molecule has 2 N–H and O–H groups in total. The molecule has 0 atom stereocenters. The standard InChI is InChI=1S/C5H8O3.Na.H2O/c1-3(2)4(6)5(7)8;;/h3H,1-2H3,(H,7,8);;1H2/q;+1;/p-1. The second kappa shape index (κ2) is 7.21. The maximum absolute atomic E-state index is 10.2. The number of Topliss-reactive ketones (excluding diaryl/α,β-unsaturated/α-hetero) is 1. The Balaban J connectivity index is -0.000000245. The third-order valence-electron chi connectivity index (χ3n) is 0.735. The van der Waals surface area contributed by atoms with Gasteiger partial charge in [0.25, 0.3) is 0 Å². The largest absolute Gasteiger partial charge is 1.00 e. The van der Waals surface area contributed by atoms with Gasteiger partial charge in [-0.15, -0.1) is 0 Å². The molecule has 0 aromatic carbocycles. The van der Waals surface area contributed by atoms with E-state index in [1.165, 1.54) is 0 Å². The third kappa shape index (κ3) is 6.22. The molecule has 0 saturated heterocycles. The minimum Gasteiger partial charge on any atom is -0.870 e. The van der Waals surface area contributed by atoms with E-state index < -0.39 is 17.7 Å². The van der Waals surface area contributed by atoms with Gasteiger partial charge in [0, 0.05) is 5.92 Å². The number of carbonyl (C=O) groups is 2. The number of hydrogen-bond donors (Lipinski definition) is 1. The summed E-state index contributed by atoms with van der Waals surface area (Å²) in [6.45, 7) is 3.10. The molecule has 4 nitrogen and oxygen atoms in total. The van der Waals surface area contributed by atoms with Crippen LogP contribution in [0.2, 0.25) is 0 Å². The summed E-state index contributed by atoms with van der Waals surface area (Å²) in [7, 11) is 0. The van der Waals surface area contributed by atoms with Crippen LogP contribution in [0.3, 0.4) is 0 Å². The monoisotopic (exact) mass is 156 g/mol. The van der Waals surface area contributed by atoms with Crippen molar-refractivity contribution < 1.29 is 49.7 Å². The Morgan fingerprint density at radius 1 is 1.30 bits per heavy atom. The maximum atomic E-state index is 10.2. The van der Waals surface area contributed by atoms with Crippen molar-refractivity contribution in [3.05, 3.63) is 0 Å². The van der Waals surface area contributed by atoms with Gasteiger partial charge in [-0.25, -0.2) is 4.79 Å². The zero-order chi connectivity index (χ0) is 6.73. The Morgan fingerprint density at radius 2 is 1.60 bits per heavy atom. The summed E-state index contributed by atoms with van der Waals surface area (Å²) >= 11 is 0. The molecule has 54 valence electrons. The van der Waals surface area contributed by atoms with Gasteiger partial charge >= 0.3 is 35.5 Å². The number of rotatable bonds is 2. The van der Waals surface area contributed by atoms with Gasteiger partial charge in [-0.2, -0.15) is 0 Å². The summed E-state index contributed by atoms with van der Waals surface area (Å²) in [5.41, 5.74) is 0. The topological polar surface area (TPSA) is 84.4 Å². The van der Waals surface area contributed by atoms with Crippen LogP contribution in [0, 0.1) is 5.92 Å². The Morgan fingerprint density at radius 3 is 1.60 bits per heavy atom. The molecule has 0 aliphatic carbocycles. The smallest absolute Gasteiger partial charge is 0.870 e. The number of aliphatic carboxylic acids is 1. The minimum atomic E-state index is -1.35. The molecule has 0 aliphatic rings. The van der Waals surface area contributed by atoms with Crippen LogP contribution in [-0.4, -0.2) is 22.3 Å². The fourth-order valence-corrected chi connectivity index (χ4v) is 0.247. The fraction of sp³-hybridized carbons (Fsp3) is 0.600. The summed E-state index contributed by atoms with van der Waals surface area (Å²) < 4.78 is 0. The van der Waals surface area contributed by atoms with Crippen molar-refractivity contribution in [1.82, 2.24) is 0 Å². The Bertz CT molecular complexity index is 121. The molecule has 0 fully saturated rings. The van der Waals surface area contributed by atoms with Crippen molar-refractivity contribution in [2.45, 2.75) is 13.8 Å². The second-order valence-electron chi connectivity index (χ2n) is 1.82. The predicted octanol–water partition coefficient (Wildman–Crippen LogP) is -2.88. The van der Waals surface area contributed by atoms with E-state index in [0.717, 1.165) is 0 Å². The first-order valence-electron chi connectivity index (χ1n) is 2.33. The molecule has 0 saturated carbocycles. The molecule has 0 heterocycles. The van der Waals surface area contributed by atoms with Crippen molar-refractivity contribution in [3.63, 3.8) is 0 Å². The fourth-order valence-electron chi connectivity index (χ4n) is 0.247. The molecule has 0 rings (SSSR count). The Kier molecular flexibility index (Phi) is 12.0. The van der Waals surface area contributed by atoms with Crippen LogP contribution < -0.4 is 29.6 Å². The summed E-state index contributed by atoms with van der Waals surface area (Å²) in [5, 5.41) is 8.00. The maximum Gasteiger partial charge on any atom is 1.00 e. The average molecular weight is 156 g/mol. The number of carbonyl (C=O) groups excluding carboxylic acids is 1. The molecule has 0 aromatic heterocycles. The number of carboxylic acids is 1. The van der Waals surface area contributed by atoms with E-state index in [1.54, 1.807) is 13.8 Å². The van der Waals surface area contributed by atoms with E-state index >= 15 is 0 Å². The summed E-state index contributed by atoms with van der Waals surface area (Å²) in [5.74, 6) is -2.47. The molecule has 0 amide bonds. The second-order valence-corrected chi connectivity index (χ2v) is 1.82. The molecule has 0 bridgehead atoms. The van der Waals surface area contributed by atoms with E-state index in [-0.39, 0.29) is 35.0 Å². The summed E-state index contributed by atoms with van der Waals surface area (Å²) in [6, 6.07) is 0. The SMILES string of the molecule is CC(C)C(=O)C(=O)O.[Na+].[OH-]. The van der Waals surface area contributed by atoms with Crippen molar-refractivity contribution in [2.24, 2.45) is 5.92 Å². The van der Waals surface area contributed by atoms with Gasteiger partial charge in [0.2, 0.25) is 5.78 Å². The van der Waals surface area contributed by atoms with Gasteiger partial charge in [0.1, 0.15) is 0 Å². The zero-order valence-electron chi connectivity index (χ0n) is 6.29. The van der Waals surface area contributed by atoms with E-state index in [0.29, 0.717) is 0 Å². The Hall–Kier alpha value is 0.1000. The van der Waals surface area contributed by atoms with Gasteiger partial charge in [-0.1, -0.05) is 13.8 Å². The molecule has 0 unspecified atom stereocenters. The quantitative estimate of drug-likeness (QED) is 0.344. The minimum absolute atomic E-state index is 0. The Labute approximate surface area is 81.2 Å². The first-order valence-corrected chi connectivity index (χ1v) is 2.33. The number of hydrogen-bond acceptors (Lipinski definition) is 3. The van der Waals surface area contributed by atoms with E-state index in [9.17, 15) is 9.59 Å². The molecule has 0 aromatic rings. The van der Waals surface area contributed by atoms with Crippen LogP contribution in [0.4, 0.5) is 0 Å². The van der Waals surface area contributed by atoms with Crippen LogP contribution in [0.1, 0.15) is 13.8 Å². The summed E-state index contributed by atoms with van der Waals surface area (Å²) in [6.07, 6.45) is 0. The molecule has 0 spiro atoms. The van der Waals surface area contributed by atoms with Gasteiger partial charge in [-0.05, 0) is 0 Å². The van der Waals surface area contributed by atoms with Crippen molar-refractivity contribution in [2.75, 3.05) is 0 Å². The molecular weight excluding hydrogens is 147 g/mol. The van der Waals surface area contributed by atoms with Crippen molar-refractivity contribution >= 4 is 11.8 Å².